The quantitative estimate of drug-likeness (QED) is 0.927. The van der Waals surface area contributed by atoms with Gasteiger partial charge in [-0.3, -0.25) is 0 Å². The molecule has 0 aliphatic carbocycles. The highest BCUT2D eigenvalue weighted by atomic mass is 16.3. The fourth-order valence-corrected chi connectivity index (χ4v) is 3.77. The summed E-state index contributed by atoms with van der Waals surface area (Å²) in [7, 11) is 0. The molecule has 1 N–H and O–H groups in total. The summed E-state index contributed by atoms with van der Waals surface area (Å²) in [6, 6.07) is 2.83. The van der Waals surface area contributed by atoms with Crippen LogP contribution in [0.5, 0.6) is 0 Å². The minimum absolute atomic E-state index is 0.0746. The van der Waals surface area contributed by atoms with Crippen molar-refractivity contribution in [2.45, 2.75) is 51.7 Å². The molecular weight excluding hydrogens is 262 g/mol. The molecule has 3 rings (SSSR count). The SMILES string of the molecule is Cc1cc(CO)cnc1N1CCC(N2CCCCC2)CC1. The van der Waals surface area contributed by atoms with Gasteiger partial charge in [-0.15, -0.1) is 0 Å². The summed E-state index contributed by atoms with van der Waals surface area (Å²) in [6.45, 7) is 6.98. The number of anilines is 1. The van der Waals surface area contributed by atoms with Crippen molar-refractivity contribution in [1.29, 1.82) is 0 Å². The molecule has 0 atom stereocenters. The third kappa shape index (κ3) is 3.38. The molecule has 0 aromatic carbocycles. The molecule has 2 aliphatic heterocycles. The third-order valence-electron chi connectivity index (χ3n) is 4.96. The Morgan fingerprint density at radius 1 is 1.14 bits per heavy atom. The van der Waals surface area contributed by atoms with E-state index in [2.05, 4.69) is 27.8 Å². The van der Waals surface area contributed by atoms with E-state index in [0.29, 0.717) is 0 Å². The molecule has 2 saturated heterocycles. The first-order valence-corrected chi connectivity index (χ1v) is 8.33. The van der Waals surface area contributed by atoms with Crippen molar-refractivity contribution in [3.8, 4) is 0 Å². The van der Waals surface area contributed by atoms with Crippen LogP contribution in [0.2, 0.25) is 0 Å². The zero-order valence-electron chi connectivity index (χ0n) is 13.1. The zero-order chi connectivity index (χ0) is 14.7. The fourth-order valence-electron chi connectivity index (χ4n) is 3.77. The van der Waals surface area contributed by atoms with Crippen LogP contribution in [0.1, 0.15) is 43.2 Å². The van der Waals surface area contributed by atoms with E-state index in [1.807, 2.05) is 0 Å². The predicted molar refractivity (Wildman–Crippen MR) is 85.6 cm³/mol. The van der Waals surface area contributed by atoms with Crippen LogP contribution in [0, 0.1) is 6.92 Å². The number of pyridine rings is 1. The van der Waals surface area contributed by atoms with Gasteiger partial charge < -0.3 is 14.9 Å². The highest BCUT2D eigenvalue weighted by Gasteiger charge is 2.26. The summed E-state index contributed by atoms with van der Waals surface area (Å²) in [6.07, 6.45) is 8.48. The number of nitrogens with zero attached hydrogens (tertiary/aromatic N) is 3. The van der Waals surface area contributed by atoms with Gasteiger partial charge in [-0.1, -0.05) is 6.42 Å². The van der Waals surface area contributed by atoms with E-state index in [1.54, 1.807) is 6.20 Å². The summed E-state index contributed by atoms with van der Waals surface area (Å²) in [5, 5.41) is 9.18. The number of aliphatic hydroxyl groups is 1. The summed E-state index contributed by atoms with van der Waals surface area (Å²) in [4.78, 5) is 9.68. The van der Waals surface area contributed by atoms with E-state index in [0.717, 1.165) is 30.5 Å². The number of aliphatic hydroxyl groups excluding tert-OH is 1. The molecule has 3 heterocycles. The molecule has 0 amide bonds. The van der Waals surface area contributed by atoms with Crippen LogP contribution < -0.4 is 4.90 Å². The van der Waals surface area contributed by atoms with Gasteiger partial charge in [-0.25, -0.2) is 4.98 Å². The molecule has 0 saturated carbocycles. The van der Waals surface area contributed by atoms with Crippen molar-refractivity contribution in [3.05, 3.63) is 23.4 Å². The van der Waals surface area contributed by atoms with Gasteiger partial charge in [0.15, 0.2) is 0 Å². The molecule has 0 spiro atoms. The third-order valence-corrected chi connectivity index (χ3v) is 4.96. The van der Waals surface area contributed by atoms with Crippen molar-refractivity contribution in [2.75, 3.05) is 31.1 Å². The lowest BCUT2D eigenvalue weighted by molar-refractivity contribution is 0.141. The molecule has 2 aliphatic rings. The molecule has 1 aromatic heterocycles. The highest BCUT2D eigenvalue weighted by molar-refractivity contribution is 5.47. The molecule has 21 heavy (non-hydrogen) atoms. The van der Waals surface area contributed by atoms with Crippen molar-refractivity contribution >= 4 is 5.82 Å². The van der Waals surface area contributed by atoms with Gasteiger partial charge >= 0.3 is 0 Å². The lowest BCUT2D eigenvalue weighted by Gasteiger charge is -2.40. The summed E-state index contributed by atoms with van der Waals surface area (Å²) < 4.78 is 0. The Bertz CT molecular complexity index is 463. The monoisotopic (exact) mass is 289 g/mol. The lowest BCUT2D eigenvalue weighted by Crippen LogP contribution is -2.47. The van der Waals surface area contributed by atoms with Crippen LogP contribution in [0.15, 0.2) is 12.3 Å². The minimum Gasteiger partial charge on any atom is -0.392 e. The molecular formula is C17H27N3O. The predicted octanol–water partition coefficient (Wildman–Crippen LogP) is 2.34. The Morgan fingerprint density at radius 2 is 1.86 bits per heavy atom. The van der Waals surface area contributed by atoms with Crippen molar-refractivity contribution in [3.63, 3.8) is 0 Å². The van der Waals surface area contributed by atoms with Crippen molar-refractivity contribution in [2.24, 2.45) is 0 Å². The first kappa shape index (κ1) is 14.8. The Balaban J connectivity index is 1.60. The maximum atomic E-state index is 9.18. The molecule has 4 heteroatoms. The van der Waals surface area contributed by atoms with Gasteiger partial charge in [0.2, 0.25) is 0 Å². The van der Waals surface area contributed by atoms with Gasteiger partial charge in [-0.2, -0.15) is 0 Å². The maximum Gasteiger partial charge on any atom is 0.131 e. The molecule has 4 nitrogen and oxygen atoms in total. The van der Waals surface area contributed by atoms with Gasteiger partial charge in [0.25, 0.3) is 0 Å². The Hall–Kier alpha value is -1.13. The number of piperidine rings is 2. The molecule has 116 valence electrons. The van der Waals surface area contributed by atoms with Crippen LogP contribution in [0.25, 0.3) is 0 Å². The Kier molecular flexibility index (Phi) is 4.76. The van der Waals surface area contributed by atoms with Crippen LogP contribution >= 0.6 is 0 Å². The second-order valence-corrected chi connectivity index (χ2v) is 6.46. The fraction of sp³-hybridized carbons (Fsp3) is 0.706. The van der Waals surface area contributed by atoms with Crippen molar-refractivity contribution in [1.82, 2.24) is 9.88 Å². The number of aromatic nitrogens is 1. The van der Waals surface area contributed by atoms with Gasteiger partial charge in [0.05, 0.1) is 6.61 Å². The van der Waals surface area contributed by atoms with Crippen LogP contribution in [-0.2, 0) is 6.61 Å². The topological polar surface area (TPSA) is 39.6 Å². The van der Waals surface area contributed by atoms with E-state index in [1.165, 1.54) is 50.8 Å². The maximum absolute atomic E-state index is 9.18. The average Bonchev–Trinajstić information content (AvgIpc) is 2.56. The smallest absolute Gasteiger partial charge is 0.131 e. The minimum atomic E-state index is 0.0746. The van der Waals surface area contributed by atoms with Crippen LogP contribution in [-0.4, -0.2) is 47.2 Å². The molecule has 0 radical (unpaired) electrons. The number of hydrogen-bond acceptors (Lipinski definition) is 4. The number of aryl methyl sites for hydroxylation is 1. The first-order chi connectivity index (χ1) is 10.3. The lowest BCUT2D eigenvalue weighted by atomic mass is 9.99. The Morgan fingerprint density at radius 3 is 2.48 bits per heavy atom. The van der Waals surface area contributed by atoms with E-state index >= 15 is 0 Å². The second kappa shape index (κ2) is 6.75. The standard InChI is InChI=1S/C17H27N3O/c1-14-11-15(13-21)12-18-17(14)20-9-5-16(6-10-20)19-7-3-2-4-8-19/h11-12,16,21H,2-10,13H2,1H3. The summed E-state index contributed by atoms with van der Waals surface area (Å²) in [5.74, 6) is 1.10. The molecule has 0 bridgehead atoms. The molecule has 2 fully saturated rings. The van der Waals surface area contributed by atoms with Crippen molar-refractivity contribution < 1.29 is 5.11 Å². The van der Waals surface area contributed by atoms with Crippen LogP contribution in [0.4, 0.5) is 5.82 Å². The first-order valence-electron chi connectivity index (χ1n) is 8.33. The molecule has 1 aromatic rings. The normalized spacial score (nSPS) is 21.7. The van der Waals surface area contributed by atoms with E-state index in [4.69, 9.17) is 0 Å². The van der Waals surface area contributed by atoms with E-state index in [-0.39, 0.29) is 6.61 Å². The zero-order valence-corrected chi connectivity index (χ0v) is 13.1. The number of rotatable bonds is 3. The summed E-state index contributed by atoms with van der Waals surface area (Å²) >= 11 is 0. The van der Waals surface area contributed by atoms with E-state index in [9.17, 15) is 5.11 Å². The van der Waals surface area contributed by atoms with Gasteiger partial charge in [0.1, 0.15) is 5.82 Å². The number of hydrogen-bond donors (Lipinski definition) is 1. The van der Waals surface area contributed by atoms with E-state index < -0.39 is 0 Å². The number of likely N-dealkylation sites (tertiary alicyclic amines) is 1. The molecule has 0 unspecified atom stereocenters. The largest absolute Gasteiger partial charge is 0.392 e. The van der Waals surface area contributed by atoms with Crippen LogP contribution in [0.3, 0.4) is 0 Å². The highest BCUT2D eigenvalue weighted by Crippen LogP contribution is 2.25. The summed E-state index contributed by atoms with van der Waals surface area (Å²) in [5.41, 5.74) is 2.08. The second-order valence-electron chi connectivity index (χ2n) is 6.46. The average molecular weight is 289 g/mol. The van der Waals surface area contributed by atoms with Gasteiger partial charge in [-0.05, 0) is 62.9 Å². The van der Waals surface area contributed by atoms with Gasteiger partial charge in [0, 0.05) is 25.3 Å². The Labute approximate surface area is 127 Å².